The molecule has 1 N–H and O–H groups in total. The Balaban J connectivity index is 2.36. The summed E-state index contributed by atoms with van der Waals surface area (Å²) in [7, 11) is 0. The van der Waals surface area contributed by atoms with Gasteiger partial charge in [0, 0.05) is 0 Å². The number of nitrogens with zero attached hydrogens (tertiary/aromatic N) is 3. The third kappa shape index (κ3) is 2.08. The molecule has 0 fully saturated rings. The van der Waals surface area contributed by atoms with Crippen molar-refractivity contribution in [2.75, 3.05) is 0 Å². The van der Waals surface area contributed by atoms with Crippen LogP contribution in [0.3, 0.4) is 0 Å². The molecular weight excluding hydrogens is 206 g/mol. The summed E-state index contributed by atoms with van der Waals surface area (Å²) < 4.78 is 1.54. The molecule has 5 nitrogen and oxygen atoms in total. The van der Waals surface area contributed by atoms with Crippen LogP contribution in [-0.4, -0.2) is 25.8 Å². The summed E-state index contributed by atoms with van der Waals surface area (Å²) in [6.07, 6.45) is 1.23. The summed E-state index contributed by atoms with van der Waals surface area (Å²) in [4.78, 5) is 14.5. The molecule has 0 aliphatic rings. The molecule has 82 valence electrons. The number of hydrogen-bond donors (Lipinski definition) is 1. The average Bonchev–Trinajstić information content (AvgIpc) is 2.66. The quantitative estimate of drug-likeness (QED) is 0.838. The number of aliphatic carboxylic acids is 1. The maximum atomic E-state index is 10.6. The van der Waals surface area contributed by atoms with Gasteiger partial charge in [-0.2, -0.15) is 5.10 Å². The Bertz CT molecular complexity index is 502. The minimum Gasteiger partial charge on any atom is -0.481 e. The van der Waals surface area contributed by atoms with E-state index in [4.69, 9.17) is 5.11 Å². The van der Waals surface area contributed by atoms with Crippen LogP contribution >= 0.6 is 0 Å². The standard InChI is InChI=1S/C11H11N3O2/c1-8-2-4-9(5-3-8)14-10(6-11(15)16)12-7-13-14/h2-5,7H,6H2,1H3,(H,15,16). The number of rotatable bonds is 3. The number of carboxylic acid groups (broad SMARTS) is 1. The van der Waals surface area contributed by atoms with Crippen molar-refractivity contribution in [3.63, 3.8) is 0 Å². The fourth-order valence-electron chi connectivity index (χ4n) is 1.42. The molecule has 2 aromatic rings. The van der Waals surface area contributed by atoms with Crippen LogP contribution in [0.5, 0.6) is 0 Å². The van der Waals surface area contributed by atoms with Gasteiger partial charge in [0.15, 0.2) is 0 Å². The summed E-state index contributed by atoms with van der Waals surface area (Å²) in [6.45, 7) is 1.99. The van der Waals surface area contributed by atoms with Gasteiger partial charge in [0.25, 0.3) is 0 Å². The molecule has 1 aromatic carbocycles. The van der Waals surface area contributed by atoms with Gasteiger partial charge in [0.05, 0.1) is 5.69 Å². The van der Waals surface area contributed by atoms with E-state index in [9.17, 15) is 4.79 Å². The van der Waals surface area contributed by atoms with Crippen LogP contribution in [0.4, 0.5) is 0 Å². The maximum absolute atomic E-state index is 10.6. The van der Waals surface area contributed by atoms with Crippen LogP contribution in [0, 0.1) is 6.92 Å². The second-order valence-corrected chi connectivity index (χ2v) is 3.49. The highest BCUT2D eigenvalue weighted by Crippen LogP contribution is 2.10. The molecule has 0 saturated heterocycles. The topological polar surface area (TPSA) is 68.0 Å². The molecule has 1 heterocycles. The van der Waals surface area contributed by atoms with Crippen molar-refractivity contribution in [2.24, 2.45) is 0 Å². The lowest BCUT2D eigenvalue weighted by molar-refractivity contribution is -0.136. The molecule has 2 rings (SSSR count). The van der Waals surface area contributed by atoms with E-state index in [1.165, 1.54) is 11.0 Å². The van der Waals surface area contributed by atoms with E-state index in [2.05, 4.69) is 10.1 Å². The Morgan fingerprint density at radius 1 is 1.38 bits per heavy atom. The first-order valence-corrected chi connectivity index (χ1v) is 4.84. The third-order valence-electron chi connectivity index (χ3n) is 2.21. The van der Waals surface area contributed by atoms with Crippen LogP contribution in [0.1, 0.15) is 11.4 Å². The summed E-state index contributed by atoms with van der Waals surface area (Å²) in [5, 5.41) is 12.7. The van der Waals surface area contributed by atoms with E-state index in [-0.39, 0.29) is 6.42 Å². The molecule has 0 atom stereocenters. The molecule has 0 radical (unpaired) electrons. The van der Waals surface area contributed by atoms with Crippen molar-refractivity contribution >= 4 is 5.97 Å². The summed E-state index contributed by atoms with van der Waals surface area (Å²) in [5.41, 5.74) is 1.96. The molecule has 0 unspecified atom stereocenters. The minimum atomic E-state index is -0.915. The zero-order valence-corrected chi connectivity index (χ0v) is 8.79. The molecular formula is C11H11N3O2. The predicted octanol–water partition coefficient (Wildman–Crippen LogP) is 1.20. The van der Waals surface area contributed by atoms with E-state index < -0.39 is 5.97 Å². The maximum Gasteiger partial charge on any atom is 0.311 e. The van der Waals surface area contributed by atoms with Gasteiger partial charge < -0.3 is 5.11 Å². The molecule has 5 heteroatoms. The number of aromatic nitrogens is 3. The highest BCUT2D eigenvalue weighted by atomic mass is 16.4. The van der Waals surface area contributed by atoms with E-state index >= 15 is 0 Å². The van der Waals surface area contributed by atoms with Crippen LogP contribution in [-0.2, 0) is 11.2 Å². The van der Waals surface area contributed by atoms with Crippen LogP contribution in [0.2, 0.25) is 0 Å². The monoisotopic (exact) mass is 217 g/mol. The van der Waals surface area contributed by atoms with Crippen molar-refractivity contribution in [1.82, 2.24) is 14.8 Å². The van der Waals surface area contributed by atoms with Gasteiger partial charge >= 0.3 is 5.97 Å². The Morgan fingerprint density at radius 3 is 2.69 bits per heavy atom. The van der Waals surface area contributed by atoms with Gasteiger partial charge in [0.1, 0.15) is 18.6 Å². The van der Waals surface area contributed by atoms with Crippen molar-refractivity contribution in [1.29, 1.82) is 0 Å². The lowest BCUT2D eigenvalue weighted by Gasteiger charge is -2.04. The average molecular weight is 217 g/mol. The Morgan fingerprint density at radius 2 is 2.06 bits per heavy atom. The van der Waals surface area contributed by atoms with Gasteiger partial charge in [-0.3, -0.25) is 4.79 Å². The lowest BCUT2D eigenvalue weighted by atomic mass is 10.2. The normalized spacial score (nSPS) is 10.3. The minimum absolute atomic E-state index is 0.131. The van der Waals surface area contributed by atoms with Crippen molar-refractivity contribution in [2.45, 2.75) is 13.3 Å². The molecule has 0 spiro atoms. The summed E-state index contributed by atoms with van der Waals surface area (Å²) in [6, 6.07) is 7.66. The van der Waals surface area contributed by atoms with Crippen molar-refractivity contribution < 1.29 is 9.90 Å². The lowest BCUT2D eigenvalue weighted by Crippen LogP contribution is -2.09. The first kappa shape index (κ1) is 10.4. The molecule has 0 bridgehead atoms. The van der Waals surface area contributed by atoms with Crippen molar-refractivity contribution in [3.05, 3.63) is 42.0 Å². The molecule has 0 aliphatic heterocycles. The highest BCUT2D eigenvalue weighted by Gasteiger charge is 2.09. The molecule has 0 saturated carbocycles. The van der Waals surface area contributed by atoms with Gasteiger partial charge in [-0.05, 0) is 19.1 Å². The number of hydrogen-bond acceptors (Lipinski definition) is 3. The van der Waals surface area contributed by atoms with E-state index in [0.717, 1.165) is 11.3 Å². The first-order chi connectivity index (χ1) is 7.66. The number of carboxylic acids is 1. The molecule has 0 amide bonds. The fourth-order valence-corrected chi connectivity index (χ4v) is 1.42. The Labute approximate surface area is 92.4 Å². The Kier molecular flexibility index (Phi) is 2.68. The smallest absolute Gasteiger partial charge is 0.311 e. The molecule has 16 heavy (non-hydrogen) atoms. The van der Waals surface area contributed by atoms with E-state index in [1.54, 1.807) is 0 Å². The zero-order valence-electron chi connectivity index (χ0n) is 8.79. The summed E-state index contributed by atoms with van der Waals surface area (Å²) >= 11 is 0. The van der Waals surface area contributed by atoms with Crippen LogP contribution in [0.25, 0.3) is 5.69 Å². The van der Waals surface area contributed by atoms with Gasteiger partial charge in [-0.1, -0.05) is 17.7 Å². The summed E-state index contributed by atoms with van der Waals surface area (Å²) in [5.74, 6) is -0.488. The fraction of sp³-hybridized carbons (Fsp3) is 0.182. The Hall–Kier alpha value is -2.17. The SMILES string of the molecule is Cc1ccc(-n2ncnc2CC(=O)O)cc1. The highest BCUT2D eigenvalue weighted by molar-refractivity contribution is 5.69. The molecule has 1 aromatic heterocycles. The predicted molar refractivity (Wildman–Crippen MR) is 57.4 cm³/mol. The number of benzene rings is 1. The van der Waals surface area contributed by atoms with Gasteiger partial charge in [-0.15, -0.1) is 0 Å². The van der Waals surface area contributed by atoms with Gasteiger partial charge in [0.2, 0.25) is 0 Å². The third-order valence-corrected chi connectivity index (χ3v) is 2.21. The van der Waals surface area contributed by atoms with E-state index in [1.807, 2.05) is 31.2 Å². The van der Waals surface area contributed by atoms with E-state index in [0.29, 0.717) is 5.82 Å². The number of carbonyl (C=O) groups is 1. The number of aryl methyl sites for hydroxylation is 1. The second-order valence-electron chi connectivity index (χ2n) is 3.49. The largest absolute Gasteiger partial charge is 0.481 e. The van der Waals surface area contributed by atoms with Gasteiger partial charge in [-0.25, -0.2) is 9.67 Å². The molecule has 0 aliphatic carbocycles. The zero-order chi connectivity index (χ0) is 11.5. The van der Waals surface area contributed by atoms with Crippen LogP contribution < -0.4 is 0 Å². The first-order valence-electron chi connectivity index (χ1n) is 4.84. The second kappa shape index (κ2) is 4.14. The van der Waals surface area contributed by atoms with Crippen molar-refractivity contribution in [3.8, 4) is 5.69 Å². The van der Waals surface area contributed by atoms with Crippen LogP contribution in [0.15, 0.2) is 30.6 Å².